The van der Waals surface area contributed by atoms with E-state index in [0.717, 1.165) is 13.1 Å². The molecular formula is C12H14FN. The van der Waals surface area contributed by atoms with Crippen molar-refractivity contribution in [3.63, 3.8) is 0 Å². The van der Waals surface area contributed by atoms with E-state index < -0.39 is 0 Å². The fraction of sp³-hybridized carbons (Fsp3) is 0.500. The van der Waals surface area contributed by atoms with Crippen LogP contribution in [0.5, 0.6) is 0 Å². The Morgan fingerprint density at radius 2 is 2.14 bits per heavy atom. The lowest BCUT2D eigenvalue weighted by atomic mass is 9.91. The van der Waals surface area contributed by atoms with Crippen molar-refractivity contribution in [1.82, 2.24) is 5.32 Å². The number of nitrogens with one attached hydrogen (secondary N) is 1. The maximum Gasteiger partial charge on any atom is 0.123 e. The number of benzene rings is 1. The Labute approximate surface area is 83.3 Å². The molecule has 0 spiro atoms. The summed E-state index contributed by atoms with van der Waals surface area (Å²) < 4.78 is 13.1. The van der Waals surface area contributed by atoms with Crippen LogP contribution in [-0.2, 0) is 0 Å². The summed E-state index contributed by atoms with van der Waals surface area (Å²) in [5.74, 6) is 1.73. The highest BCUT2D eigenvalue weighted by atomic mass is 19.1. The second-order valence-electron chi connectivity index (χ2n) is 4.49. The molecule has 1 N–H and O–H groups in total. The molecule has 1 aliphatic heterocycles. The third-order valence-electron chi connectivity index (χ3n) is 3.84. The first-order chi connectivity index (χ1) is 6.77. The average molecular weight is 191 g/mol. The third-order valence-corrected chi connectivity index (χ3v) is 3.84. The molecule has 2 heteroatoms. The molecule has 0 bridgehead atoms. The van der Waals surface area contributed by atoms with Crippen molar-refractivity contribution in [3.05, 3.63) is 35.1 Å². The fourth-order valence-corrected chi connectivity index (χ4v) is 3.07. The maximum absolute atomic E-state index is 13.1. The topological polar surface area (TPSA) is 12.0 Å². The maximum atomic E-state index is 13.1. The van der Waals surface area contributed by atoms with Gasteiger partial charge in [0, 0.05) is 12.5 Å². The third kappa shape index (κ3) is 0.976. The van der Waals surface area contributed by atoms with E-state index in [9.17, 15) is 4.39 Å². The molecule has 3 rings (SSSR count). The molecule has 0 radical (unpaired) electrons. The van der Waals surface area contributed by atoms with Gasteiger partial charge < -0.3 is 5.32 Å². The van der Waals surface area contributed by atoms with Crippen molar-refractivity contribution in [1.29, 1.82) is 0 Å². The normalized spacial score (nSPS) is 34.3. The highest BCUT2D eigenvalue weighted by Gasteiger charge is 2.40. The van der Waals surface area contributed by atoms with E-state index in [1.807, 2.05) is 6.07 Å². The van der Waals surface area contributed by atoms with Gasteiger partial charge in [0.2, 0.25) is 0 Å². The Balaban J connectivity index is 2.13. The van der Waals surface area contributed by atoms with E-state index in [1.54, 1.807) is 12.1 Å². The Morgan fingerprint density at radius 1 is 1.29 bits per heavy atom. The lowest BCUT2D eigenvalue weighted by molar-refractivity contribution is 0.486. The van der Waals surface area contributed by atoms with Crippen LogP contribution < -0.4 is 5.32 Å². The summed E-state index contributed by atoms with van der Waals surface area (Å²) in [7, 11) is 0. The van der Waals surface area contributed by atoms with Gasteiger partial charge in [0.05, 0.1) is 0 Å². The number of rotatable bonds is 0. The van der Waals surface area contributed by atoms with Gasteiger partial charge in [0.25, 0.3) is 0 Å². The van der Waals surface area contributed by atoms with Gasteiger partial charge in [0.15, 0.2) is 0 Å². The van der Waals surface area contributed by atoms with Crippen molar-refractivity contribution < 1.29 is 4.39 Å². The van der Waals surface area contributed by atoms with Crippen molar-refractivity contribution in [2.75, 3.05) is 13.1 Å². The number of hydrogen-bond acceptors (Lipinski definition) is 1. The Kier molecular flexibility index (Phi) is 1.68. The standard InChI is InChI=1S/C12H14FN/c1-7-10-4-8(13)2-3-9(10)12-6-14-5-11(7)12/h2-4,7,11-12,14H,5-6H2,1H3. The molecule has 0 amide bonds. The summed E-state index contributed by atoms with van der Waals surface area (Å²) in [5.41, 5.74) is 2.61. The van der Waals surface area contributed by atoms with Crippen molar-refractivity contribution in [2.45, 2.75) is 18.8 Å². The van der Waals surface area contributed by atoms with Crippen LogP contribution in [0.3, 0.4) is 0 Å². The lowest BCUT2D eigenvalue weighted by Gasteiger charge is -2.12. The van der Waals surface area contributed by atoms with Crippen LogP contribution in [0.25, 0.3) is 0 Å². The van der Waals surface area contributed by atoms with Gasteiger partial charge in [-0.2, -0.15) is 0 Å². The first-order valence-corrected chi connectivity index (χ1v) is 5.27. The van der Waals surface area contributed by atoms with Gasteiger partial charge in [0.1, 0.15) is 5.82 Å². The molecule has 1 aromatic carbocycles. The first-order valence-electron chi connectivity index (χ1n) is 5.27. The minimum atomic E-state index is -0.0940. The highest BCUT2D eigenvalue weighted by molar-refractivity contribution is 5.41. The molecule has 0 aromatic heterocycles. The van der Waals surface area contributed by atoms with Crippen LogP contribution in [0.15, 0.2) is 18.2 Å². The number of halogens is 1. The van der Waals surface area contributed by atoms with E-state index in [1.165, 1.54) is 11.1 Å². The zero-order valence-electron chi connectivity index (χ0n) is 8.26. The predicted octanol–water partition coefficient (Wildman–Crippen LogP) is 2.25. The number of fused-ring (bicyclic) bond motifs is 3. The minimum Gasteiger partial charge on any atom is -0.316 e. The largest absolute Gasteiger partial charge is 0.316 e. The quantitative estimate of drug-likeness (QED) is 0.663. The molecule has 1 heterocycles. The van der Waals surface area contributed by atoms with E-state index >= 15 is 0 Å². The molecule has 3 atom stereocenters. The van der Waals surface area contributed by atoms with Crippen LogP contribution in [-0.4, -0.2) is 13.1 Å². The van der Waals surface area contributed by atoms with E-state index in [-0.39, 0.29) is 5.82 Å². The van der Waals surface area contributed by atoms with Crippen molar-refractivity contribution in [2.24, 2.45) is 5.92 Å². The molecule has 3 unspecified atom stereocenters. The van der Waals surface area contributed by atoms with Crippen LogP contribution in [0.1, 0.15) is 29.9 Å². The Morgan fingerprint density at radius 3 is 3.00 bits per heavy atom. The SMILES string of the molecule is CC1c2cc(F)ccc2C2CNCC12. The monoisotopic (exact) mass is 191 g/mol. The molecule has 1 saturated heterocycles. The molecule has 1 fully saturated rings. The summed E-state index contributed by atoms with van der Waals surface area (Å²) in [6.45, 7) is 4.37. The van der Waals surface area contributed by atoms with E-state index in [2.05, 4.69) is 12.2 Å². The lowest BCUT2D eigenvalue weighted by Crippen LogP contribution is -2.12. The van der Waals surface area contributed by atoms with E-state index in [4.69, 9.17) is 0 Å². The zero-order chi connectivity index (χ0) is 9.71. The summed E-state index contributed by atoms with van der Waals surface area (Å²) in [6, 6.07) is 5.28. The molecule has 2 aliphatic rings. The summed E-state index contributed by atoms with van der Waals surface area (Å²) in [6.07, 6.45) is 0. The summed E-state index contributed by atoms with van der Waals surface area (Å²) in [4.78, 5) is 0. The molecule has 14 heavy (non-hydrogen) atoms. The van der Waals surface area contributed by atoms with Crippen molar-refractivity contribution >= 4 is 0 Å². The molecule has 1 aromatic rings. The number of hydrogen-bond donors (Lipinski definition) is 1. The van der Waals surface area contributed by atoms with Gasteiger partial charge in [-0.1, -0.05) is 13.0 Å². The second-order valence-corrected chi connectivity index (χ2v) is 4.49. The average Bonchev–Trinajstić information content (AvgIpc) is 2.72. The summed E-state index contributed by atoms with van der Waals surface area (Å²) >= 11 is 0. The van der Waals surface area contributed by atoms with Gasteiger partial charge >= 0.3 is 0 Å². The van der Waals surface area contributed by atoms with Crippen molar-refractivity contribution in [3.8, 4) is 0 Å². The fourth-order valence-electron chi connectivity index (χ4n) is 3.07. The van der Waals surface area contributed by atoms with Gasteiger partial charge in [-0.25, -0.2) is 4.39 Å². The Hall–Kier alpha value is -0.890. The van der Waals surface area contributed by atoms with Gasteiger partial charge in [-0.05, 0) is 41.6 Å². The molecular weight excluding hydrogens is 177 g/mol. The summed E-state index contributed by atoms with van der Waals surface area (Å²) in [5, 5.41) is 3.42. The highest BCUT2D eigenvalue weighted by Crippen LogP contribution is 2.47. The molecule has 74 valence electrons. The zero-order valence-corrected chi connectivity index (χ0v) is 8.26. The van der Waals surface area contributed by atoms with Gasteiger partial charge in [-0.15, -0.1) is 0 Å². The van der Waals surface area contributed by atoms with Crippen LogP contribution in [0.2, 0.25) is 0 Å². The molecule has 1 aliphatic carbocycles. The second kappa shape index (κ2) is 2.80. The van der Waals surface area contributed by atoms with Crippen LogP contribution in [0, 0.1) is 11.7 Å². The Bertz CT molecular complexity index is 375. The molecule has 1 nitrogen and oxygen atoms in total. The van der Waals surface area contributed by atoms with Gasteiger partial charge in [-0.3, -0.25) is 0 Å². The molecule has 0 saturated carbocycles. The van der Waals surface area contributed by atoms with Crippen LogP contribution >= 0.6 is 0 Å². The smallest absolute Gasteiger partial charge is 0.123 e. The predicted molar refractivity (Wildman–Crippen MR) is 53.9 cm³/mol. The minimum absolute atomic E-state index is 0.0940. The van der Waals surface area contributed by atoms with E-state index in [0.29, 0.717) is 17.8 Å². The first kappa shape index (κ1) is 8.42. The van der Waals surface area contributed by atoms with Crippen LogP contribution in [0.4, 0.5) is 4.39 Å².